The highest BCUT2D eigenvalue weighted by Gasteiger charge is 2.16. The number of nitrogens with zero attached hydrogens (tertiary/aromatic N) is 8. The van der Waals surface area contributed by atoms with Gasteiger partial charge < -0.3 is 4.74 Å². The van der Waals surface area contributed by atoms with Gasteiger partial charge in [0.25, 0.3) is 0 Å². The predicted octanol–water partition coefficient (Wildman–Crippen LogP) is 3.24. The maximum atomic E-state index is 12.4. The molecule has 0 aliphatic heterocycles. The molecule has 0 spiro atoms. The first-order valence-electron chi connectivity index (χ1n) is 9.41. The monoisotopic (exact) mass is 428 g/mol. The average Bonchev–Trinajstić information content (AvgIpc) is 3.27. The lowest BCUT2D eigenvalue weighted by Gasteiger charge is -2.08. The van der Waals surface area contributed by atoms with Gasteiger partial charge in [0, 0.05) is 31.4 Å². The van der Waals surface area contributed by atoms with Gasteiger partial charge in [0.05, 0.1) is 11.4 Å². The third kappa shape index (κ3) is 5.44. The Bertz CT molecular complexity index is 1100. The van der Waals surface area contributed by atoms with Gasteiger partial charge in [-0.15, -0.1) is 15.3 Å². The van der Waals surface area contributed by atoms with Gasteiger partial charge in [0.15, 0.2) is 5.82 Å². The van der Waals surface area contributed by atoms with Crippen LogP contribution in [0.25, 0.3) is 11.5 Å². The van der Waals surface area contributed by atoms with Crippen molar-refractivity contribution in [2.24, 2.45) is 12.0 Å². The lowest BCUT2D eigenvalue weighted by Crippen LogP contribution is -2.08. The predicted molar refractivity (Wildman–Crippen MR) is 111 cm³/mol. The first kappa shape index (κ1) is 21.9. The summed E-state index contributed by atoms with van der Waals surface area (Å²) < 4.78 is 33.8. The van der Waals surface area contributed by atoms with Crippen LogP contribution in [0.3, 0.4) is 0 Å². The van der Waals surface area contributed by atoms with Crippen LogP contribution in [0.2, 0.25) is 0 Å². The van der Waals surface area contributed by atoms with Crippen molar-refractivity contribution < 1.29 is 13.5 Å². The van der Waals surface area contributed by atoms with E-state index in [2.05, 4.69) is 37.2 Å². The van der Waals surface area contributed by atoms with Crippen LogP contribution in [0.1, 0.15) is 29.2 Å². The molecule has 3 rings (SSSR count). The molecule has 0 unspecified atom stereocenters. The molecule has 3 heterocycles. The Balaban J connectivity index is 1.75. The summed E-state index contributed by atoms with van der Waals surface area (Å²) in [5.41, 5.74) is 3.18. The Hall–Kier alpha value is -3.76. The van der Waals surface area contributed by atoms with E-state index < -0.39 is 12.8 Å². The molecule has 0 aliphatic carbocycles. The SMILES string of the molecule is C=C/C=C(\N=C/CC(F)F)c1nnn(C)c1COc1ccc(-n2nc(C)cc2C)nn1. The number of aryl methyl sites for hydroxylation is 3. The van der Waals surface area contributed by atoms with E-state index in [1.54, 1.807) is 29.9 Å². The van der Waals surface area contributed by atoms with Gasteiger partial charge in [0.2, 0.25) is 12.3 Å². The second-order valence-corrected chi connectivity index (χ2v) is 6.59. The quantitative estimate of drug-likeness (QED) is 0.384. The number of hydrogen-bond donors (Lipinski definition) is 0. The normalized spacial score (nSPS) is 12.1. The number of rotatable bonds is 9. The zero-order valence-corrected chi connectivity index (χ0v) is 17.4. The molecule has 0 bridgehead atoms. The van der Waals surface area contributed by atoms with E-state index in [4.69, 9.17) is 4.74 Å². The number of ether oxygens (including phenoxy) is 1. The third-order valence-electron chi connectivity index (χ3n) is 4.18. The first-order valence-corrected chi connectivity index (χ1v) is 9.41. The molecular weight excluding hydrogens is 406 g/mol. The lowest BCUT2D eigenvalue weighted by atomic mass is 10.2. The fourth-order valence-electron chi connectivity index (χ4n) is 2.77. The molecule has 0 aliphatic rings. The highest BCUT2D eigenvalue weighted by Crippen LogP contribution is 2.20. The van der Waals surface area contributed by atoms with Crippen LogP contribution < -0.4 is 4.74 Å². The summed E-state index contributed by atoms with van der Waals surface area (Å²) in [6.45, 7) is 7.54. The molecule has 0 amide bonds. The van der Waals surface area contributed by atoms with Crippen LogP contribution in [0.4, 0.5) is 8.78 Å². The van der Waals surface area contributed by atoms with E-state index in [-0.39, 0.29) is 6.61 Å². The van der Waals surface area contributed by atoms with Gasteiger partial charge in [-0.25, -0.2) is 18.1 Å². The molecule has 0 aromatic carbocycles. The minimum atomic E-state index is -2.48. The molecule has 0 saturated carbocycles. The van der Waals surface area contributed by atoms with Gasteiger partial charge in [0.1, 0.15) is 18.0 Å². The van der Waals surface area contributed by atoms with Crippen LogP contribution in [0, 0.1) is 13.8 Å². The second-order valence-electron chi connectivity index (χ2n) is 6.59. The molecule has 0 saturated heterocycles. The molecule has 3 aromatic heterocycles. The fraction of sp³-hybridized carbons (Fsp3) is 0.300. The van der Waals surface area contributed by atoms with E-state index >= 15 is 0 Å². The number of hydrogen-bond acceptors (Lipinski definition) is 7. The maximum absolute atomic E-state index is 12.4. The Morgan fingerprint density at radius 2 is 2.06 bits per heavy atom. The number of alkyl halides is 2. The van der Waals surface area contributed by atoms with Crippen molar-refractivity contribution in [3.8, 4) is 11.7 Å². The van der Waals surface area contributed by atoms with Crippen molar-refractivity contribution in [3.05, 3.63) is 59.7 Å². The minimum absolute atomic E-state index is 0.0750. The molecule has 9 nitrogen and oxygen atoms in total. The summed E-state index contributed by atoms with van der Waals surface area (Å²) in [5, 5.41) is 20.7. The highest BCUT2D eigenvalue weighted by atomic mass is 19.3. The van der Waals surface area contributed by atoms with Gasteiger partial charge in [-0.2, -0.15) is 5.10 Å². The van der Waals surface area contributed by atoms with E-state index in [1.807, 2.05) is 19.9 Å². The van der Waals surface area contributed by atoms with Crippen molar-refractivity contribution in [1.29, 1.82) is 0 Å². The molecule has 0 radical (unpaired) electrons. The van der Waals surface area contributed by atoms with E-state index in [9.17, 15) is 8.78 Å². The lowest BCUT2D eigenvalue weighted by molar-refractivity contribution is 0.159. The number of halogens is 2. The first-order chi connectivity index (χ1) is 14.9. The van der Waals surface area contributed by atoms with Gasteiger partial charge in [-0.3, -0.25) is 4.99 Å². The Morgan fingerprint density at radius 1 is 1.26 bits per heavy atom. The number of allylic oxidation sites excluding steroid dienone is 2. The second kappa shape index (κ2) is 9.83. The Morgan fingerprint density at radius 3 is 2.68 bits per heavy atom. The van der Waals surface area contributed by atoms with E-state index in [1.165, 1.54) is 10.8 Å². The van der Waals surface area contributed by atoms with Crippen molar-refractivity contribution in [1.82, 2.24) is 35.0 Å². The largest absolute Gasteiger partial charge is 0.470 e. The molecular formula is C20H22F2N8O. The summed E-state index contributed by atoms with van der Waals surface area (Å²) in [5.74, 6) is 0.873. The Kier molecular flexibility index (Phi) is 6.96. The van der Waals surface area contributed by atoms with Crippen molar-refractivity contribution in [3.63, 3.8) is 0 Å². The third-order valence-corrected chi connectivity index (χ3v) is 4.18. The number of aliphatic imine (C=N–C) groups is 1. The fourth-order valence-corrected chi connectivity index (χ4v) is 2.77. The van der Waals surface area contributed by atoms with Gasteiger partial charge in [-0.05, 0) is 32.1 Å². The van der Waals surface area contributed by atoms with Crippen LogP contribution in [-0.4, -0.2) is 47.6 Å². The van der Waals surface area contributed by atoms with Gasteiger partial charge in [-0.1, -0.05) is 17.9 Å². The zero-order valence-electron chi connectivity index (χ0n) is 17.4. The standard InChI is InChI=1S/C20H22F2N8O/c1-5-6-15(23-10-9-17(21)22)20-16(29(4)28-26-20)12-31-19-8-7-18(24-25-19)30-14(3)11-13(2)27-30/h5-8,10-11,17H,1,9,12H2,2-4H3/b15-6-,23-10-. The van der Waals surface area contributed by atoms with Crippen LogP contribution >= 0.6 is 0 Å². The molecule has 162 valence electrons. The molecule has 0 N–H and O–H groups in total. The summed E-state index contributed by atoms with van der Waals surface area (Å²) >= 11 is 0. The Labute approximate surface area is 177 Å². The highest BCUT2D eigenvalue weighted by molar-refractivity contribution is 5.74. The van der Waals surface area contributed by atoms with Gasteiger partial charge >= 0.3 is 0 Å². The van der Waals surface area contributed by atoms with Crippen LogP contribution in [0.15, 0.2) is 41.9 Å². The summed E-state index contributed by atoms with van der Waals surface area (Å²) in [6.07, 6.45) is 1.27. The topological polar surface area (TPSA) is 95.9 Å². The van der Waals surface area contributed by atoms with Crippen LogP contribution in [0.5, 0.6) is 5.88 Å². The van der Waals surface area contributed by atoms with E-state index in [0.29, 0.717) is 28.8 Å². The number of aromatic nitrogens is 7. The zero-order chi connectivity index (χ0) is 22.4. The summed E-state index contributed by atoms with van der Waals surface area (Å²) in [6, 6.07) is 5.38. The molecule has 0 atom stereocenters. The molecule has 31 heavy (non-hydrogen) atoms. The summed E-state index contributed by atoms with van der Waals surface area (Å²) in [4.78, 5) is 4.08. The smallest absolute Gasteiger partial charge is 0.243 e. The maximum Gasteiger partial charge on any atom is 0.243 e. The summed E-state index contributed by atoms with van der Waals surface area (Å²) in [7, 11) is 1.70. The molecule has 0 fully saturated rings. The molecule has 11 heteroatoms. The van der Waals surface area contributed by atoms with Crippen LogP contribution in [-0.2, 0) is 13.7 Å². The van der Waals surface area contributed by atoms with E-state index in [0.717, 1.165) is 17.6 Å². The minimum Gasteiger partial charge on any atom is -0.470 e. The van der Waals surface area contributed by atoms with Crippen molar-refractivity contribution in [2.75, 3.05) is 0 Å². The average molecular weight is 428 g/mol. The van der Waals surface area contributed by atoms with Crippen molar-refractivity contribution >= 4 is 11.9 Å². The molecule has 3 aromatic rings. The van der Waals surface area contributed by atoms with Crippen molar-refractivity contribution in [2.45, 2.75) is 33.3 Å².